The Morgan fingerprint density at radius 1 is 1.18 bits per heavy atom. The van der Waals surface area contributed by atoms with Gasteiger partial charge < -0.3 is 10.2 Å². The van der Waals surface area contributed by atoms with Crippen LogP contribution in [0.4, 0.5) is 11.5 Å². The normalized spacial score (nSPS) is 18.0. The minimum absolute atomic E-state index is 0.117. The highest BCUT2D eigenvalue weighted by molar-refractivity contribution is 5.74. The summed E-state index contributed by atoms with van der Waals surface area (Å²) < 4.78 is 0. The number of para-hydroxylation sites is 1. The second-order valence-corrected chi connectivity index (χ2v) is 5.66. The molecule has 0 bridgehead atoms. The molecule has 1 aromatic carbocycles. The van der Waals surface area contributed by atoms with Crippen LogP contribution in [-0.4, -0.2) is 22.3 Å². The first kappa shape index (κ1) is 14.6. The Kier molecular flexibility index (Phi) is 4.37. The molecule has 22 heavy (non-hydrogen) atoms. The molecule has 114 valence electrons. The van der Waals surface area contributed by atoms with Crippen molar-refractivity contribution in [2.24, 2.45) is 0 Å². The molecule has 1 unspecified atom stereocenters. The molecule has 3 rings (SSSR count). The Labute approximate surface area is 131 Å². The highest BCUT2D eigenvalue weighted by Gasteiger charge is 2.27. The lowest BCUT2D eigenvalue weighted by atomic mass is 9.95. The van der Waals surface area contributed by atoms with Crippen molar-refractivity contribution >= 4 is 17.4 Å². The van der Waals surface area contributed by atoms with E-state index < -0.39 is 0 Å². The first-order chi connectivity index (χ1) is 10.8. The quantitative estimate of drug-likeness (QED) is 0.934. The predicted octanol–water partition coefficient (Wildman–Crippen LogP) is 3.90. The van der Waals surface area contributed by atoms with Crippen molar-refractivity contribution in [3.8, 4) is 0 Å². The predicted molar refractivity (Wildman–Crippen MR) is 87.9 cm³/mol. The maximum absolute atomic E-state index is 11.9. The number of benzene rings is 1. The van der Waals surface area contributed by atoms with E-state index in [4.69, 9.17) is 0 Å². The lowest BCUT2D eigenvalue weighted by Crippen LogP contribution is -2.37. The summed E-state index contributed by atoms with van der Waals surface area (Å²) in [5.41, 5.74) is 2.11. The number of nitrogens with zero attached hydrogens (tertiary/aromatic N) is 2. The lowest BCUT2D eigenvalue weighted by Gasteiger charge is -2.36. The van der Waals surface area contributed by atoms with Gasteiger partial charge in [0.25, 0.3) is 0 Å². The van der Waals surface area contributed by atoms with Crippen molar-refractivity contribution < 1.29 is 4.79 Å². The third kappa shape index (κ3) is 3.11. The number of carbonyl (C=O) groups excluding carboxylic acids is 1. The van der Waals surface area contributed by atoms with Gasteiger partial charge in [-0.2, -0.15) is 0 Å². The van der Waals surface area contributed by atoms with Gasteiger partial charge in [0.2, 0.25) is 5.91 Å². The van der Waals surface area contributed by atoms with Crippen LogP contribution < -0.4 is 5.32 Å². The number of anilines is 2. The second-order valence-electron chi connectivity index (χ2n) is 5.66. The summed E-state index contributed by atoms with van der Waals surface area (Å²) in [6, 6.07) is 14.1. The molecule has 1 aliphatic heterocycles. The van der Waals surface area contributed by atoms with Gasteiger partial charge in [0.05, 0.1) is 6.04 Å². The van der Waals surface area contributed by atoms with Crippen LogP contribution in [-0.2, 0) is 4.79 Å². The van der Waals surface area contributed by atoms with Gasteiger partial charge >= 0.3 is 0 Å². The minimum atomic E-state index is 0.117. The van der Waals surface area contributed by atoms with Crippen molar-refractivity contribution in [3.05, 3.63) is 54.2 Å². The van der Waals surface area contributed by atoms with Gasteiger partial charge in [-0.15, -0.1) is 0 Å². The molecular weight excluding hydrogens is 274 g/mol. The topological polar surface area (TPSA) is 45.2 Å². The Morgan fingerprint density at radius 3 is 2.77 bits per heavy atom. The fraction of sp³-hybridized carbons (Fsp3) is 0.333. The molecule has 4 nitrogen and oxygen atoms in total. The van der Waals surface area contributed by atoms with Gasteiger partial charge in [-0.3, -0.25) is 4.79 Å². The SMILES string of the molecule is CC(=O)N1CCCCC1c1cccnc1Nc1ccccc1. The van der Waals surface area contributed by atoms with Crippen LogP contribution in [0.1, 0.15) is 37.8 Å². The third-order valence-electron chi connectivity index (χ3n) is 4.14. The Hall–Kier alpha value is -2.36. The minimum Gasteiger partial charge on any atom is -0.340 e. The van der Waals surface area contributed by atoms with Crippen molar-refractivity contribution in [2.75, 3.05) is 11.9 Å². The average molecular weight is 295 g/mol. The van der Waals surface area contributed by atoms with Crippen LogP contribution in [0.5, 0.6) is 0 Å². The van der Waals surface area contributed by atoms with Crippen LogP contribution in [0.2, 0.25) is 0 Å². The van der Waals surface area contributed by atoms with Crippen LogP contribution in [0.25, 0.3) is 0 Å². The summed E-state index contributed by atoms with van der Waals surface area (Å²) in [5, 5.41) is 3.38. The van der Waals surface area contributed by atoms with E-state index in [0.717, 1.165) is 42.9 Å². The molecule has 1 saturated heterocycles. The molecule has 1 fully saturated rings. The van der Waals surface area contributed by atoms with Gasteiger partial charge in [0, 0.05) is 30.9 Å². The molecule has 0 spiro atoms. The Bertz CT molecular complexity index is 642. The molecule has 1 aliphatic rings. The maximum atomic E-state index is 11.9. The molecular formula is C18H21N3O. The molecule has 0 saturated carbocycles. The summed E-state index contributed by atoms with van der Waals surface area (Å²) in [4.78, 5) is 18.4. The van der Waals surface area contributed by atoms with Crippen LogP contribution in [0.3, 0.4) is 0 Å². The summed E-state index contributed by atoms with van der Waals surface area (Å²) in [5.74, 6) is 0.978. The number of amides is 1. The fourth-order valence-corrected chi connectivity index (χ4v) is 3.08. The molecule has 1 atom stereocenters. The number of carbonyl (C=O) groups is 1. The zero-order chi connectivity index (χ0) is 15.4. The van der Waals surface area contributed by atoms with Crippen molar-refractivity contribution in [3.63, 3.8) is 0 Å². The Morgan fingerprint density at radius 2 is 2.00 bits per heavy atom. The highest BCUT2D eigenvalue weighted by Crippen LogP contribution is 2.35. The van der Waals surface area contributed by atoms with E-state index in [-0.39, 0.29) is 11.9 Å². The number of rotatable bonds is 3. The smallest absolute Gasteiger partial charge is 0.219 e. The van der Waals surface area contributed by atoms with Crippen molar-refractivity contribution in [1.29, 1.82) is 0 Å². The maximum Gasteiger partial charge on any atom is 0.219 e. The average Bonchev–Trinajstić information content (AvgIpc) is 2.56. The summed E-state index contributed by atoms with van der Waals surface area (Å²) in [7, 11) is 0. The number of nitrogens with one attached hydrogen (secondary N) is 1. The third-order valence-corrected chi connectivity index (χ3v) is 4.14. The van der Waals surface area contributed by atoms with Crippen molar-refractivity contribution in [1.82, 2.24) is 9.88 Å². The van der Waals surface area contributed by atoms with Crippen LogP contribution in [0.15, 0.2) is 48.7 Å². The zero-order valence-corrected chi connectivity index (χ0v) is 12.8. The largest absolute Gasteiger partial charge is 0.340 e. The van der Waals surface area contributed by atoms with E-state index in [0.29, 0.717) is 0 Å². The zero-order valence-electron chi connectivity index (χ0n) is 12.8. The molecule has 0 aliphatic carbocycles. The molecule has 0 radical (unpaired) electrons. The van der Waals surface area contributed by atoms with E-state index in [1.165, 1.54) is 0 Å². The van der Waals surface area contributed by atoms with Gasteiger partial charge in [0.1, 0.15) is 5.82 Å². The van der Waals surface area contributed by atoms with E-state index in [1.807, 2.05) is 41.3 Å². The van der Waals surface area contributed by atoms with Gasteiger partial charge in [0.15, 0.2) is 0 Å². The summed E-state index contributed by atoms with van der Waals surface area (Å²) in [6.45, 7) is 2.48. The van der Waals surface area contributed by atoms with E-state index in [1.54, 1.807) is 13.1 Å². The number of hydrogen-bond donors (Lipinski definition) is 1. The molecule has 2 aromatic rings. The van der Waals surface area contributed by atoms with Gasteiger partial charge in [-0.1, -0.05) is 24.3 Å². The molecule has 1 amide bonds. The molecule has 1 N–H and O–H groups in total. The van der Waals surface area contributed by atoms with Crippen LogP contribution in [0, 0.1) is 0 Å². The van der Waals surface area contributed by atoms with E-state index in [9.17, 15) is 4.79 Å². The lowest BCUT2D eigenvalue weighted by molar-refractivity contribution is -0.132. The standard InChI is InChI=1S/C18H21N3O/c1-14(22)21-13-6-5-11-17(21)16-10-7-12-19-18(16)20-15-8-3-2-4-9-15/h2-4,7-10,12,17H,5-6,11,13H2,1H3,(H,19,20). The van der Waals surface area contributed by atoms with Gasteiger partial charge in [-0.25, -0.2) is 4.98 Å². The first-order valence-corrected chi connectivity index (χ1v) is 7.80. The monoisotopic (exact) mass is 295 g/mol. The van der Waals surface area contributed by atoms with E-state index in [2.05, 4.69) is 16.4 Å². The molecule has 4 heteroatoms. The molecule has 2 heterocycles. The number of piperidine rings is 1. The van der Waals surface area contributed by atoms with Crippen LogP contribution >= 0.6 is 0 Å². The number of likely N-dealkylation sites (tertiary alicyclic amines) is 1. The first-order valence-electron chi connectivity index (χ1n) is 7.80. The Balaban J connectivity index is 1.91. The summed E-state index contributed by atoms with van der Waals surface area (Å²) >= 11 is 0. The highest BCUT2D eigenvalue weighted by atomic mass is 16.2. The summed E-state index contributed by atoms with van der Waals surface area (Å²) in [6.07, 6.45) is 5.01. The van der Waals surface area contributed by atoms with E-state index >= 15 is 0 Å². The number of aromatic nitrogens is 1. The van der Waals surface area contributed by atoms with Crippen molar-refractivity contribution in [2.45, 2.75) is 32.2 Å². The number of hydrogen-bond acceptors (Lipinski definition) is 3. The van der Waals surface area contributed by atoms with Gasteiger partial charge in [-0.05, 0) is 37.5 Å². The second kappa shape index (κ2) is 6.60. The molecule has 1 aromatic heterocycles. The number of pyridine rings is 1. The fourth-order valence-electron chi connectivity index (χ4n) is 3.08.